The van der Waals surface area contributed by atoms with E-state index >= 15 is 0 Å². The molecule has 1 N–H and O–H groups in total. The topological polar surface area (TPSA) is 21.3 Å². The fraction of sp³-hybridized carbons (Fsp3) is 0.625. The van der Waals surface area contributed by atoms with Gasteiger partial charge < -0.3 is 10.1 Å². The molecule has 1 aromatic carbocycles. The van der Waals surface area contributed by atoms with Crippen LogP contribution in [0.1, 0.15) is 43.9 Å². The molecule has 3 unspecified atom stereocenters. The molecule has 0 bridgehead atoms. The second-order valence-electron chi connectivity index (χ2n) is 6.40. The van der Waals surface area contributed by atoms with Gasteiger partial charge in [-0.05, 0) is 36.5 Å². The van der Waals surface area contributed by atoms with Crippen LogP contribution in [-0.4, -0.2) is 19.3 Å². The summed E-state index contributed by atoms with van der Waals surface area (Å²) in [5, 5.41) is 3.71. The van der Waals surface area contributed by atoms with Gasteiger partial charge in [0, 0.05) is 24.6 Å². The third-order valence-electron chi connectivity index (χ3n) is 5.08. The largest absolute Gasteiger partial charge is 0.381 e. The molecular weight excluding hydrogens is 241 g/mol. The molecule has 1 aromatic rings. The summed E-state index contributed by atoms with van der Waals surface area (Å²) in [4.78, 5) is 0. The summed E-state index contributed by atoms with van der Waals surface area (Å²) in [6, 6.07) is 6.19. The van der Waals surface area contributed by atoms with Crippen molar-refractivity contribution in [2.45, 2.75) is 51.3 Å². The zero-order valence-electron chi connectivity index (χ0n) is 11.9. The molecule has 0 aliphatic heterocycles. The molecule has 3 heteroatoms. The molecule has 0 radical (unpaired) electrons. The molecule has 19 heavy (non-hydrogen) atoms. The molecule has 0 amide bonds. The Kier molecular flexibility index (Phi) is 3.14. The number of hydrogen-bond donors (Lipinski definition) is 1. The lowest BCUT2D eigenvalue weighted by atomic mass is 9.64. The molecule has 1 fully saturated rings. The van der Waals surface area contributed by atoms with Crippen LogP contribution in [0.25, 0.3) is 0 Å². The van der Waals surface area contributed by atoms with Gasteiger partial charge in [-0.25, -0.2) is 4.39 Å². The maximum atomic E-state index is 13.7. The van der Waals surface area contributed by atoms with E-state index in [-0.39, 0.29) is 11.2 Å². The Morgan fingerprint density at radius 2 is 2.16 bits per heavy atom. The van der Waals surface area contributed by atoms with Gasteiger partial charge >= 0.3 is 0 Å². The van der Waals surface area contributed by atoms with E-state index in [0.29, 0.717) is 18.2 Å². The third kappa shape index (κ3) is 2.00. The maximum Gasteiger partial charge on any atom is 0.126 e. The fourth-order valence-corrected chi connectivity index (χ4v) is 3.59. The van der Waals surface area contributed by atoms with Crippen molar-refractivity contribution in [3.8, 4) is 0 Å². The Hall–Kier alpha value is -0.930. The molecule has 2 aliphatic carbocycles. The second-order valence-corrected chi connectivity index (χ2v) is 6.40. The summed E-state index contributed by atoms with van der Waals surface area (Å²) in [6.45, 7) is 4.48. The van der Waals surface area contributed by atoms with E-state index in [0.717, 1.165) is 30.4 Å². The Morgan fingerprint density at radius 3 is 2.84 bits per heavy atom. The number of rotatable bonds is 3. The van der Waals surface area contributed by atoms with Crippen molar-refractivity contribution in [1.29, 1.82) is 0 Å². The quantitative estimate of drug-likeness (QED) is 0.904. The Bertz CT molecular complexity index is 486. The highest BCUT2D eigenvalue weighted by Crippen LogP contribution is 2.44. The van der Waals surface area contributed by atoms with Crippen molar-refractivity contribution in [2.75, 3.05) is 7.11 Å². The number of hydrogen-bond acceptors (Lipinski definition) is 2. The molecule has 0 saturated heterocycles. The average molecular weight is 263 g/mol. The summed E-state index contributed by atoms with van der Waals surface area (Å²) in [5.74, 6) is -0.0514. The van der Waals surface area contributed by atoms with Crippen LogP contribution in [0.2, 0.25) is 0 Å². The van der Waals surface area contributed by atoms with Gasteiger partial charge in [0.2, 0.25) is 0 Å². The number of halogens is 1. The average Bonchev–Trinajstić information content (AvgIpc) is 2.78. The van der Waals surface area contributed by atoms with Gasteiger partial charge in [0.25, 0.3) is 0 Å². The van der Waals surface area contributed by atoms with Crippen molar-refractivity contribution < 1.29 is 9.13 Å². The zero-order valence-corrected chi connectivity index (χ0v) is 11.9. The Labute approximate surface area is 114 Å². The predicted molar refractivity (Wildman–Crippen MR) is 73.6 cm³/mol. The number of benzene rings is 1. The summed E-state index contributed by atoms with van der Waals surface area (Å²) < 4.78 is 19.2. The molecule has 1 saturated carbocycles. The minimum absolute atomic E-state index is 0.0514. The molecule has 0 aromatic heterocycles. The van der Waals surface area contributed by atoms with Crippen molar-refractivity contribution >= 4 is 0 Å². The fourth-order valence-electron chi connectivity index (χ4n) is 3.59. The van der Waals surface area contributed by atoms with E-state index in [2.05, 4.69) is 25.2 Å². The van der Waals surface area contributed by atoms with Gasteiger partial charge in [-0.1, -0.05) is 26.0 Å². The first-order chi connectivity index (χ1) is 9.04. The lowest BCUT2D eigenvalue weighted by Gasteiger charge is -2.52. The lowest BCUT2D eigenvalue weighted by Crippen LogP contribution is -2.61. The second kappa shape index (κ2) is 4.57. The molecule has 0 heterocycles. The van der Waals surface area contributed by atoms with E-state index in [1.807, 2.05) is 6.07 Å². The smallest absolute Gasteiger partial charge is 0.126 e. The SMILES string of the molecule is COC1CC(NC2CCc3c(F)cccc32)C1(C)C. The third-order valence-corrected chi connectivity index (χ3v) is 5.08. The minimum atomic E-state index is -0.0514. The molecule has 3 atom stereocenters. The highest BCUT2D eigenvalue weighted by molar-refractivity contribution is 5.36. The van der Waals surface area contributed by atoms with Gasteiger partial charge in [-0.2, -0.15) is 0 Å². The number of methoxy groups -OCH3 is 1. The molecular formula is C16H22FNO. The van der Waals surface area contributed by atoms with Crippen LogP contribution in [0.4, 0.5) is 4.39 Å². The molecule has 2 aliphatic rings. The van der Waals surface area contributed by atoms with E-state index in [1.165, 1.54) is 0 Å². The molecule has 3 rings (SSSR count). The van der Waals surface area contributed by atoms with Crippen LogP contribution >= 0.6 is 0 Å². The van der Waals surface area contributed by atoms with Crippen LogP contribution in [0.5, 0.6) is 0 Å². The highest BCUT2D eigenvalue weighted by Gasteiger charge is 2.49. The van der Waals surface area contributed by atoms with Crippen LogP contribution in [0.15, 0.2) is 18.2 Å². The molecule has 104 valence electrons. The van der Waals surface area contributed by atoms with Gasteiger partial charge in [0.1, 0.15) is 5.82 Å². The normalized spacial score (nSPS) is 31.9. The first-order valence-corrected chi connectivity index (χ1v) is 7.10. The standard InChI is InChI=1S/C16H22FNO/c1-16(2)14(9-15(16)19-3)18-13-8-7-10-11(13)5-4-6-12(10)17/h4-6,13-15,18H,7-9H2,1-3H3. The van der Waals surface area contributed by atoms with Crippen LogP contribution in [0.3, 0.4) is 0 Å². The van der Waals surface area contributed by atoms with Crippen molar-refractivity contribution in [3.63, 3.8) is 0 Å². The van der Waals surface area contributed by atoms with Crippen LogP contribution in [-0.2, 0) is 11.2 Å². The minimum Gasteiger partial charge on any atom is -0.381 e. The Morgan fingerprint density at radius 1 is 1.37 bits per heavy atom. The van der Waals surface area contributed by atoms with E-state index in [1.54, 1.807) is 13.2 Å². The highest BCUT2D eigenvalue weighted by atomic mass is 19.1. The van der Waals surface area contributed by atoms with Crippen LogP contribution < -0.4 is 5.32 Å². The van der Waals surface area contributed by atoms with Gasteiger partial charge in [0.05, 0.1) is 6.10 Å². The summed E-state index contributed by atoms with van der Waals surface area (Å²) in [7, 11) is 1.78. The van der Waals surface area contributed by atoms with Gasteiger partial charge in [-0.3, -0.25) is 0 Å². The van der Waals surface area contributed by atoms with E-state index < -0.39 is 0 Å². The van der Waals surface area contributed by atoms with Gasteiger partial charge in [0.15, 0.2) is 0 Å². The van der Waals surface area contributed by atoms with Crippen molar-refractivity contribution in [2.24, 2.45) is 5.41 Å². The zero-order chi connectivity index (χ0) is 13.6. The van der Waals surface area contributed by atoms with Crippen molar-refractivity contribution in [1.82, 2.24) is 5.32 Å². The van der Waals surface area contributed by atoms with E-state index in [4.69, 9.17) is 4.74 Å². The molecule has 0 spiro atoms. The first kappa shape index (κ1) is 13.1. The monoisotopic (exact) mass is 263 g/mol. The molecule has 2 nitrogen and oxygen atoms in total. The Balaban J connectivity index is 1.73. The number of fused-ring (bicyclic) bond motifs is 1. The van der Waals surface area contributed by atoms with Crippen molar-refractivity contribution in [3.05, 3.63) is 35.1 Å². The number of ether oxygens (including phenoxy) is 1. The summed E-state index contributed by atoms with van der Waals surface area (Å²) in [5.41, 5.74) is 2.21. The lowest BCUT2D eigenvalue weighted by molar-refractivity contribution is -0.100. The summed E-state index contributed by atoms with van der Waals surface area (Å²) in [6.07, 6.45) is 3.23. The van der Waals surface area contributed by atoms with Crippen LogP contribution in [0, 0.1) is 11.2 Å². The number of nitrogens with one attached hydrogen (secondary N) is 1. The predicted octanol–water partition coefficient (Wildman–Crippen LogP) is 3.22. The van der Waals surface area contributed by atoms with Gasteiger partial charge in [-0.15, -0.1) is 0 Å². The van der Waals surface area contributed by atoms with E-state index in [9.17, 15) is 4.39 Å². The first-order valence-electron chi connectivity index (χ1n) is 7.10. The summed E-state index contributed by atoms with van der Waals surface area (Å²) >= 11 is 0. The maximum absolute atomic E-state index is 13.7.